The number of thiophene rings is 1. The second kappa shape index (κ2) is 9.36. The molecule has 0 unspecified atom stereocenters. The maximum Gasteiger partial charge on any atom is 0.180 e. The summed E-state index contributed by atoms with van der Waals surface area (Å²) in [5.41, 5.74) is 8.57. The van der Waals surface area contributed by atoms with Crippen LogP contribution < -0.4 is 0 Å². The van der Waals surface area contributed by atoms with Crippen LogP contribution in [0.5, 0.6) is 0 Å². The highest BCUT2D eigenvalue weighted by Crippen LogP contribution is 2.41. The van der Waals surface area contributed by atoms with Crippen LogP contribution in [0.2, 0.25) is 0 Å². The zero-order valence-electron chi connectivity index (χ0n) is 23.9. The van der Waals surface area contributed by atoms with E-state index in [2.05, 4.69) is 95.6 Å². The number of fused-ring (bicyclic) bond motifs is 9. The van der Waals surface area contributed by atoms with E-state index in [9.17, 15) is 0 Å². The summed E-state index contributed by atoms with van der Waals surface area (Å²) in [5.74, 6) is 0.684. The number of nitrogens with zero attached hydrogens (tertiary/aromatic N) is 3. The van der Waals surface area contributed by atoms with Crippen molar-refractivity contribution in [3.05, 3.63) is 140 Å². The predicted octanol–water partition coefficient (Wildman–Crippen LogP) is 11.2. The standard InChI is InChI=1S/C40H23N3OS/c1-2-10-25(11-3-1)40-41-37(39-38(42-40)29-14-5-8-16-34(29)44-39)24-18-20-26(21-19-24)43-32-15-7-4-12-27(32)30-22-31-28-13-6-9-17-35(28)45-36(31)23-33(30)43/h1-23H. The molecule has 6 aromatic carbocycles. The van der Waals surface area contributed by atoms with E-state index in [0.717, 1.165) is 39.0 Å². The summed E-state index contributed by atoms with van der Waals surface area (Å²) < 4.78 is 11.4. The molecular formula is C40H23N3OS. The Morgan fingerprint density at radius 3 is 2.11 bits per heavy atom. The van der Waals surface area contributed by atoms with Crippen LogP contribution in [0.3, 0.4) is 0 Å². The number of aromatic nitrogens is 3. The fourth-order valence-electron chi connectivity index (χ4n) is 6.74. The lowest BCUT2D eigenvalue weighted by atomic mass is 10.1. The van der Waals surface area contributed by atoms with Crippen LogP contribution in [-0.2, 0) is 0 Å². The summed E-state index contributed by atoms with van der Waals surface area (Å²) in [7, 11) is 0. The Kier molecular flexibility index (Phi) is 5.12. The molecule has 0 fully saturated rings. The quantitative estimate of drug-likeness (QED) is 0.205. The lowest BCUT2D eigenvalue weighted by molar-refractivity contribution is 0.667. The van der Waals surface area contributed by atoms with E-state index in [1.165, 1.54) is 42.0 Å². The van der Waals surface area contributed by atoms with Crippen molar-refractivity contribution >= 4 is 75.4 Å². The molecule has 4 nitrogen and oxygen atoms in total. The van der Waals surface area contributed by atoms with Gasteiger partial charge in [0.2, 0.25) is 0 Å². The highest BCUT2D eigenvalue weighted by Gasteiger charge is 2.19. The molecule has 5 heteroatoms. The molecule has 0 aliphatic carbocycles. The number of hydrogen-bond acceptors (Lipinski definition) is 4. The fraction of sp³-hybridized carbons (Fsp3) is 0. The van der Waals surface area contributed by atoms with Gasteiger partial charge in [-0.3, -0.25) is 0 Å². The minimum Gasteiger partial charge on any atom is -0.452 e. The van der Waals surface area contributed by atoms with E-state index in [0.29, 0.717) is 11.4 Å². The van der Waals surface area contributed by atoms with Crippen LogP contribution in [0, 0.1) is 0 Å². The molecule has 10 aromatic rings. The molecule has 0 atom stereocenters. The molecule has 210 valence electrons. The topological polar surface area (TPSA) is 43.9 Å². The van der Waals surface area contributed by atoms with Crippen LogP contribution in [-0.4, -0.2) is 14.5 Å². The van der Waals surface area contributed by atoms with Gasteiger partial charge >= 0.3 is 0 Å². The largest absolute Gasteiger partial charge is 0.452 e. The minimum atomic E-state index is 0.684. The van der Waals surface area contributed by atoms with Crippen LogP contribution in [0.4, 0.5) is 0 Å². The second-order valence-corrected chi connectivity index (χ2v) is 12.5. The zero-order valence-corrected chi connectivity index (χ0v) is 24.8. The lowest BCUT2D eigenvalue weighted by Gasteiger charge is -2.10. The summed E-state index contributed by atoms with van der Waals surface area (Å²) in [6.07, 6.45) is 0. The average molecular weight is 594 g/mol. The Labute approximate surface area is 261 Å². The van der Waals surface area contributed by atoms with Gasteiger partial charge in [-0.15, -0.1) is 11.3 Å². The van der Waals surface area contributed by atoms with Crippen molar-refractivity contribution in [2.24, 2.45) is 0 Å². The highest BCUT2D eigenvalue weighted by molar-refractivity contribution is 7.25. The van der Waals surface area contributed by atoms with Crippen molar-refractivity contribution in [3.63, 3.8) is 0 Å². The van der Waals surface area contributed by atoms with Gasteiger partial charge in [0.05, 0.1) is 11.0 Å². The molecule has 45 heavy (non-hydrogen) atoms. The summed E-state index contributed by atoms with van der Waals surface area (Å²) in [4.78, 5) is 10.1. The second-order valence-electron chi connectivity index (χ2n) is 11.4. The molecule has 0 N–H and O–H groups in total. The Balaban J connectivity index is 1.19. The van der Waals surface area contributed by atoms with E-state index in [-0.39, 0.29) is 0 Å². The van der Waals surface area contributed by atoms with Crippen molar-refractivity contribution < 1.29 is 4.42 Å². The Morgan fingerprint density at radius 1 is 0.511 bits per heavy atom. The molecule has 0 bridgehead atoms. The van der Waals surface area contributed by atoms with Gasteiger partial charge in [0.15, 0.2) is 11.4 Å². The molecule has 0 aliphatic heterocycles. The molecule has 4 aromatic heterocycles. The van der Waals surface area contributed by atoms with Crippen LogP contribution >= 0.6 is 11.3 Å². The van der Waals surface area contributed by atoms with E-state index >= 15 is 0 Å². The number of para-hydroxylation sites is 2. The molecule has 0 saturated heterocycles. The SMILES string of the molecule is c1ccc(-c2nc(-c3ccc(-n4c5ccccc5c5cc6c(cc54)sc4ccccc46)cc3)c3oc4ccccc4c3n2)cc1. The fourth-order valence-corrected chi connectivity index (χ4v) is 7.86. The Morgan fingerprint density at radius 2 is 1.24 bits per heavy atom. The minimum absolute atomic E-state index is 0.684. The molecule has 0 saturated carbocycles. The molecule has 0 spiro atoms. The first-order valence-corrected chi connectivity index (χ1v) is 15.8. The Bertz CT molecular complexity index is 2750. The van der Waals surface area contributed by atoms with E-state index < -0.39 is 0 Å². The van der Waals surface area contributed by atoms with Crippen molar-refractivity contribution in [2.75, 3.05) is 0 Å². The number of hydrogen-bond donors (Lipinski definition) is 0. The first-order chi connectivity index (χ1) is 22.3. The van der Waals surface area contributed by atoms with Gasteiger partial charge in [-0.2, -0.15) is 0 Å². The predicted molar refractivity (Wildman–Crippen MR) is 187 cm³/mol. The maximum atomic E-state index is 6.38. The third-order valence-electron chi connectivity index (χ3n) is 8.82. The maximum absolute atomic E-state index is 6.38. The van der Waals surface area contributed by atoms with Crippen molar-refractivity contribution in [1.29, 1.82) is 0 Å². The Hall–Kier alpha value is -5.78. The molecule has 10 rings (SSSR count). The average Bonchev–Trinajstić information content (AvgIpc) is 3.76. The highest BCUT2D eigenvalue weighted by atomic mass is 32.1. The number of rotatable bonds is 3. The molecule has 0 radical (unpaired) electrons. The third kappa shape index (κ3) is 3.65. The lowest BCUT2D eigenvalue weighted by Crippen LogP contribution is -1.96. The molecular weight excluding hydrogens is 571 g/mol. The zero-order chi connectivity index (χ0) is 29.5. The first-order valence-electron chi connectivity index (χ1n) is 15.0. The smallest absolute Gasteiger partial charge is 0.180 e. The third-order valence-corrected chi connectivity index (χ3v) is 9.96. The van der Waals surface area contributed by atoms with Crippen molar-refractivity contribution in [1.82, 2.24) is 14.5 Å². The van der Waals surface area contributed by atoms with Gasteiger partial charge in [-0.05, 0) is 48.5 Å². The molecule has 4 heterocycles. The summed E-state index contributed by atoms with van der Waals surface area (Å²) >= 11 is 1.85. The normalized spacial score (nSPS) is 12.0. The molecule has 0 amide bonds. The van der Waals surface area contributed by atoms with Crippen molar-refractivity contribution in [3.8, 4) is 28.3 Å². The van der Waals surface area contributed by atoms with Gasteiger partial charge in [-0.25, -0.2) is 9.97 Å². The first kappa shape index (κ1) is 24.6. The van der Waals surface area contributed by atoms with Crippen LogP contribution in [0.25, 0.3) is 92.4 Å². The number of benzene rings is 6. The van der Waals surface area contributed by atoms with Gasteiger partial charge < -0.3 is 8.98 Å². The van der Waals surface area contributed by atoms with Crippen LogP contribution in [0.15, 0.2) is 144 Å². The van der Waals surface area contributed by atoms with Gasteiger partial charge in [0.1, 0.15) is 16.8 Å². The van der Waals surface area contributed by atoms with Gasteiger partial charge in [-0.1, -0.05) is 91.0 Å². The molecule has 0 aliphatic rings. The van der Waals surface area contributed by atoms with E-state index in [1.807, 2.05) is 59.9 Å². The van der Waals surface area contributed by atoms with E-state index in [1.54, 1.807) is 0 Å². The van der Waals surface area contributed by atoms with Crippen molar-refractivity contribution in [2.45, 2.75) is 0 Å². The van der Waals surface area contributed by atoms with Gasteiger partial charge in [0, 0.05) is 53.1 Å². The monoisotopic (exact) mass is 593 g/mol. The van der Waals surface area contributed by atoms with Gasteiger partial charge in [0.25, 0.3) is 0 Å². The summed E-state index contributed by atoms with van der Waals surface area (Å²) in [6.45, 7) is 0. The summed E-state index contributed by atoms with van der Waals surface area (Å²) in [5, 5.41) is 6.13. The van der Waals surface area contributed by atoms with E-state index in [4.69, 9.17) is 14.4 Å². The van der Waals surface area contributed by atoms with Crippen LogP contribution in [0.1, 0.15) is 0 Å². The number of furan rings is 1. The summed E-state index contributed by atoms with van der Waals surface area (Å²) in [6, 6.07) is 49.0.